The van der Waals surface area contributed by atoms with Gasteiger partial charge in [-0.1, -0.05) is 18.2 Å². The maximum absolute atomic E-state index is 13.6. The number of rotatable bonds is 3. The molecular weight excluding hydrogens is 342 g/mol. The molecule has 0 aliphatic carbocycles. The molecule has 0 aliphatic heterocycles. The summed E-state index contributed by atoms with van der Waals surface area (Å²) >= 11 is 0. The molecule has 128 valence electrons. The Hall–Kier alpha value is -2.76. The van der Waals surface area contributed by atoms with Crippen LogP contribution < -0.4 is 0 Å². The maximum Gasteiger partial charge on any atom is 0.159 e. The molecule has 3 rings (SSSR count). The first-order valence-electron chi connectivity index (χ1n) is 7.21. The second-order valence-electron chi connectivity index (χ2n) is 5.45. The van der Waals surface area contributed by atoms with Crippen molar-refractivity contribution in [3.8, 4) is 0 Å². The summed E-state index contributed by atoms with van der Waals surface area (Å²) in [7, 11) is 0. The van der Waals surface area contributed by atoms with Crippen molar-refractivity contribution < 1.29 is 26.3 Å². The van der Waals surface area contributed by atoms with Crippen molar-refractivity contribution in [2.24, 2.45) is 0 Å². The van der Waals surface area contributed by atoms with Gasteiger partial charge in [0.05, 0.1) is 0 Å². The number of halogens is 6. The molecule has 0 unspecified atom stereocenters. The molecule has 0 radical (unpaired) electrons. The van der Waals surface area contributed by atoms with Crippen LogP contribution in [0.15, 0.2) is 54.6 Å². The summed E-state index contributed by atoms with van der Waals surface area (Å²) in [5.74, 6) is -7.64. The molecule has 0 N–H and O–H groups in total. The third kappa shape index (κ3) is 3.38. The van der Waals surface area contributed by atoms with Gasteiger partial charge >= 0.3 is 0 Å². The highest BCUT2D eigenvalue weighted by atomic mass is 19.2. The third-order valence-electron chi connectivity index (χ3n) is 3.83. The fraction of sp³-hybridized carbons (Fsp3) is 0.0526. The first-order chi connectivity index (χ1) is 11.9. The number of hydrogen-bond donors (Lipinski definition) is 0. The first-order valence-corrected chi connectivity index (χ1v) is 7.21. The SMILES string of the molecule is Fc1ccc(C(c2ccc(F)c(F)c2)c2ccc(F)c(F)c2)cc1F. The van der Waals surface area contributed by atoms with Crippen molar-refractivity contribution in [3.05, 3.63) is 106 Å². The van der Waals surface area contributed by atoms with Gasteiger partial charge in [0.1, 0.15) is 0 Å². The van der Waals surface area contributed by atoms with Crippen molar-refractivity contribution in [2.45, 2.75) is 5.92 Å². The highest BCUT2D eigenvalue weighted by Crippen LogP contribution is 2.34. The van der Waals surface area contributed by atoms with Crippen LogP contribution in [0.25, 0.3) is 0 Å². The lowest BCUT2D eigenvalue weighted by Gasteiger charge is -2.19. The van der Waals surface area contributed by atoms with Crippen molar-refractivity contribution in [2.75, 3.05) is 0 Å². The topological polar surface area (TPSA) is 0 Å². The lowest BCUT2D eigenvalue weighted by molar-refractivity contribution is 0.502. The average Bonchev–Trinajstić information content (AvgIpc) is 2.57. The molecule has 3 aromatic carbocycles. The zero-order chi connectivity index (χ0) is 18.1. The Morgan fingerprint density at radius 3 is 0.920 bits per heavy atom. The van der Waals surface area contributed by atoms with Crippen LogP contribution in [0, 0.1) is 34.9 Å². The minimum absolute atomic E-state index is 0.177. The van der Waals surface area contributed by atoms with Gasteiger partial charge in [0.2, 0.25) is 0 Å². The highest BCUT2D eigenvalue weighted by Gasteiger charge is 2.21. The van der Waals surface area contributed by atoms with E-state index in [4.69, 9.17) is 0 Å². The van der Waals surface area contributed by atoms with Crippen LogP contribution in [0.2, 0.25) is 0 Å². The summed E-state index contributed by atoms with van der Waals surface area (Å²) in [6, 6.07) is 8.97. The predicted octanol–water partition coefficient (Wildman–Crippen LogP) is 5.70. The first kappa shape index (κ1) is 17.1. The van der Waals surface area contributed by atoms with Gasteiger partial charge in [-0.25, -0.2) is 26.3 Å². The Balaban J connectivity index is 2.21. The van der Waals surface area contributed by atoms with Gasteiger partial charge < -0.3 is 0 Å². The van der Waals surface area contributed by atoms with Crippen molar-refractivity contribution >= 4 is 0 Å². The van der Waals surface area contributed by atoms with Crippen molar-refractivity contribution in [3.63, 3.8) is 0 Å². The fourth-order valence-corrected chi connectivity index (χ4v) is 2.65. The molecule has 0 heterocycles. The Bertz CT molecular complexity index is 813. The highest BCUT2D eigenvalue weighted by molar-refractivity contribution is 5.43. The van der Waals surface area contributed by atoms with E-state index >= 15 is 0 Å². The minimum Gasteiger partial charge on any atom is -0.204 e. The van der Waals surface area contributed by atoms with E-state index < -0.39 is 40.8 Å². The largest absolute Gasteiger partial charge is 0.204 e. The van der Waals surface area contributed by atoms with E-state index in [9.17, 15) is 26.3 Å². The van der Waals surface area contributed by atoms with Gasteiger partial charge in [-0.3, -0.25) is 0 Å². The molecule has 0 bridgehead atoms. The average molecular weight is 352 g/mol. The summed E-state index contributed by atoms with van der Waals surface area (Å²) in [6.45, 7) is 0. The molecule has 0 saturated heterocycles. The summed E-state index contributed by atoms with van der Waals surface area (Å²) in [5, 5.41) is 0. The Labute approximate surface area is 139 Å². The smallest absolute Gasteiger partial charge is 0.159 e. The van der Waals surface area contributed by atoms with Crippen LogP contribution >= 0.6 is 0 Å². The quantitative estimate of drug-likeness (QED) is 0.419. The zero-order valence-corrected chi connectivity index (χ0v) is 12.5. The van der Waals surface area contributed by atoms with Crippen molar-refractivity contribution in [1.29, 1.82) is 0 Å². The molecule has 0 aromatic heterocycles. The molecule has 0 spiro atoms. The molecule has 0 aliphatic rings. The van der Waals surface area contributed by atoms with Crippen LogP contribution in [-0.4, -0.2) is 0 Å². The monoisotopic (exact) mass is 352 g/mol. The molecule has 0 nitrogen and oxygen atoms in total. The van der Waals surface area contributed by atoms with E-state index in [0.29, 0.717) is 0 Å². The van der Waals surface area contributed by atoms with E-state index in [-0.39, 0.29) is 16.7 Å². The van der Waals surface area contributed by atoms with E-state index in [1.165, 1.54) is 18.2 Å². The van der Waals surface area contributed by atoms with Gasteiger partial charge in [-0.15, -0.1) is 0 Å². The molecular formula is C19H10F6. The molecule has 0 atom stereocenters. The molecule has 6 heteroatoms. The van der Waals surface area contributed by atoms with Gasteiger partial charge in [0, 0.05) is 5.92 Å². The summed E-state index contributed by atoms with van der Waals surface area (Å²) in [6.07, 6.45) is 0. The normalized spacial score (nSPS) is 11.2. The third-order valence-corrected chi connectivity index (χ3v) is 3.83. The predicted molar refractivity (Wildman–Crippen MR) is 80.0 cm³/mol. The van der Waals surface area contributed by atoms with Crippen LogP contribution in [0.5, 0.6) is 0 Å². The van der Waals surface area contributed by atoms with E-state index in [1.807, 2.05) is 0 Å². The van der Waals surface area contributed by atoms with Crippen molar-refractivity contribution in [1.82, 2.24) is 0 Å². The van der Waals surface area contributed by atoms with Gasteiger partial charge in [-0.2, -0.15) is 0 Å². The molecule has 0 amide bonds. The number of hydrogen-bond acceptors (Lipinski definition) is 0. The Kier molecular flexibility index (Phi) is 4.53. The summed E-state index contributed by atoms with van der Waals surface area (Å²) < 4.78 is 80.5. The van der Waals surface area contributed by atoms with Crippen LogP contribution in [0.3, 0.4) is 0 Å². The summed E-state index contributed by atoms with van der Waals surface area (Å²) in [4.78, 5) is 0. The molecule has 25 heavy (non-hydrogen) atoms. The fourth-order valence-electron chi connectivity index (χ4n) is 2.65. The van der Waals surface area contributed by atoms with Gasteiger partial charge in [-0.05, 0) is 53.1 Å². The zero-order valence-electron chi connectivity index (χ0n) is 12.5. The van der Waals surface area contributed by atoms with Gasteiger partial charge in [0.15, 0.2) is 34.9 Å². The minimum atomic E-state index is -1.15. The van der Waals surface area contributed by atoms with Crippen LogP contribution in [-0.2, 0) is 0 Å². The van der Waals surface area contributed by atoms with Crippen LogP contribution in [0.1, 0.15) is 22.6 Å². The van der Waals surface area contributed by atoms with Crippen LogP contribution in [0.4, 0.5) is 26.3 Å². The van der Waals surface area contributed by atoms with Gasteiger partial charge in [0.25, 0.3) is 0 Å². The standard InChI is InChI=1S/C19H10F6/c20-13-4-1-10(7-16(13)23)19(11-2-5-14(21)17(24)8-11)12-3-6-15(22)18(25)9-12/h1-9,19H. The Morgan fingerprint density at radius 1 is 0.400 bits per heavy atom. The lowest BCUT2D eigenvalue weighted by Crippen LogP contribution is -2.06. The maximum atomic E-state index is 13.6. The van der Waals surface area contributed by atoms with E-state index in [1.54, 1.807) is 0 Å². The molecule has 0 fully saturated rings. The number of benzene rings is 3. The second kappa shape index (κ2) is 6.63. The Morgan fingerprint density at radius 2 is 0.680 bits per heavy atom. The van der Waals surface area contributed by atoms with E-state index in [0.717, 1.165) is 36.4 Å². The molecule has 0 saturated carbocycles. The van der Waals surface area contributed by atoms with E-state index in [2.05, 4.69) is 0 Å². The lowest BCUT2D eigenvalue weighted by atomic mass is 9.85. The molecule has 3 aromatic rings. The summed E-state index contributed by atoms with van der Waals surface area (Å²) in [5.41, 5.74) is 0.530. The second-order valence-corrected chi connectivity index (χ2v) is 5.45.